The van der Waals surface area contributed by atoms with Gasteiger partial charge in [0.1, 0.15) is 7.85 Å². The predicted octanol–water partition coefficient (Wildman–Crippen LogP) is -1.94. The van der Waals surface area contributed by atoms with Gasteiger partial charge < -0.3 is 5.01 Å². The first-order chi connectivity index (χ1) is 6.98. The second-order valence-corrected chi connectivity index (χ2v) is 7.35. The van der Waals surface area contributed by atoms with Crippen molar-refractivity contribution < 1.29 is 0 Å². The molecule has 16 heavy (non-hydrogen) atoms. The number of hydrogen-bond acceptors (Lipinski definition) is 2. The second-order valence-electron chi connectivity index (χ2n) is 7.35. The fourth-order valence-electron chi connectivity index (χ4n) is 1.89. The van der Waals surface area contributed by atoms with Crippen molar-refractivity contribution in [1.82, 2.24) is 10.4 Å². The van der Waals surface area contributed by atoms with Crippen LogP contribution < -0.4 is 5.43 Å². The highest BCUT2D eigenvalue weighted by Gasteiger charge is 2.42. The summed E-state index contributed by atoms with van der Waals surface area (Å²) in [7, 11) is 9.21. The Balaban J connectivity index is 3.03. The number of hydrogen-bond donors (Lipinski definition) is 1. The summed E-state index contributed by atoms with van der Waals surface area (Å²) in [4.78, 5) is 0. The van der Waals surface area contributed by atoms with Gasteiger partial charge in [-0.15, -0.1) is 0 Å². The fraction of sp³-hybridized carbons (Fsp3) is 0.800. The van der Waals surface area contributed by atoms with E-state index in [9.17, 15) is 0 Å². The largest absolute Gasteiger partial charge is 0.316 e. The molecule has 0 bridgehead atoms. The monoisotopic (exact) mass is 216 g/mol. The van der Waals surface area contributed by atoms with Crippen molar-refractivity contribution in [2.45, 2.75) is 38.2 Å². The summed E-state index contributed by atoms with van der Waals surface area (Å²) in [5.74, 6) is 0. The summed E-state index contributed by atoms with van der Waals surface area (Å²) in [6.07, 6.45) is 2.31. The molecular weight excluding hydrogens is 191 g/mol. The van der Waals surface area contributed by atoms with Crippen molar-refractivity contribution in [3.05, 3.63) is 11.8 Å². The third-order valence-electron chi connectivity index (χ3n) is 3.95. The molecule has 1 atom stereocenters. The van der Waals surface area contributed by atoms with Crippen molar-refractivity contribution in [2.75, 3.05) is 6.54 Å². The second kappa shape index (κ2) is 3.90. The van der Waals surface area contributed by atoms with Crippen LogP contribution in [0.5, 0.6) is 0 Å². The normalized spacial score (nSPS) is 21.8. The van der Waals surface area contributed by atoms with E-state index < -0.39 is 0 Å². The van der Waals surface area contributed by atoms with Crippen molar-refractivity contribution >= 4 is 31.4 Å². The van der Waals surface area contributed by atoms with E-state index in [0.717, 1.165) is 6.54 Å². The Morgan fingerprint density at radius 2 is 1.62 bits per heavy atom. The molecule has 0 saturated heterocycles. The lowest BCUT2D eigenvalue weighted by atomic mass is 9.31. The summed E-state index contributed by atoms with van der Waals surface area (Å²) >= 11 is 0. The average molecular weight is 216 g/mol. The van der Waals surface area contributed by atoms with Crippen LogP contribution in [0.15, 0.2) is 11.8 Å². The summed E-state index contributed by atoms with van der Waals surface area (Å²) in [6.45, 7) is 10.1. The summed E-state index contributed by atoms with van der Waals surface area (Å²) in [5, 5.41) is 2.60. The van der Waals surface area contributed by atoms with Gasteiger partial charge in [-0.05, 0) is 13.0 Å². The van der Waals surface area contributed by atoms with Gasteiger partial charge >= 0.3 is 0 Å². The number of allylic oxidation sites excluding steroid dienone is 1. The molecule has 0 saturated carbocycles. The van der Waals surface area contributed by atoms with Gasteiger partial charge in [0.2, 0.25) is 0 Å². The van der Waals surface area contributed by atoms with Gasteiger partial charge in [-0.3, -0.25) is 0 Å². The smallest absolute Gasteiger partial charge is 0.134 e. The van der Waals surface area contributed by atoms with Crippen LogP contribution in [-0.2, 0) is 0 Å². The highest BCUT2D eigenvalue weighted by molar-refractivity contribution is 6.62. The molecule has 0 aromatic carbocycles. The van der Waals surface area contributed by atoms with E-state index in [-0.39, 0.29) is 16.0 Å². The van der Waals surface area contributed by atoms with Crippen molar-refractivity contribution in [2.24, 2.45) is 5.41 Å². The third-order valence-corrected chi connectivity index (χ3v) is 3.95. The fourth-order valence-corrected chi connectivity index (χ4v) is 1.89. The van der Waals surface area contributed by atoms with E-state index in [1.165, 1.54) is 5.70 Å². The third kappa shape index (κ3) is 2.37. The van der Waals surface area contributed by atoms with Gasteiger partial charge in [-0.2, -0.15) is 0 Å². The predicted molar refractivity (Wildman–Crippen MR) is 82.7 cm³/mol. The number of nitrogens with one attached hydrogen (secondary N) is 1. The number of hydrazine groups is 1. The highest BCUT2D eigenvalue weighted by Crippen LogP contribution is 2.39. The summed E-state index contributed by atoms with van der Waals surface area (Å²) in [5.41, 5.74) is 5.21. The van der Waals surface area contributed by atoms with Crippen LogP contribution in [0.4, 0.5) is 0 Å². The lowest BCUT2D eigenvalue weighted by Gasteiger charge is -2.51. The zero-order valence-electron chi connectivity index (χ0n) is 12.2. The Hall–Kier alpha value is -0.240. The van der Waals surface area contributed by atoms with E-state index in [1.54, 1.807) is 0 Å². The molecule has 1 aliphatic heterocycles. The minimum Gasteiger partial charge on any atom is -0.316 e. The lowest BCUT2D eigenvalue weighted by molar-refractivity contribution is 0.143. The molecule has 0 amide bonds. The number of nitrogens with zero attached hydrogens (tertiary/aromatic N) is 1. The Bertz CT molecular complexity index is 299. The first-order valence-corrected chi connectivity index (χ1v) is 6.22. The van der Waals surface area contributed by atoms with Crippen LogP contribution in [0.25, 0.3) is 0 Å². The first-order valence-electron chi connectivity index (χ1n) is 6.22. The molecule has 1 unspecified atom stereocenters. The minimum absolute atomic E-state index is 0.0998. The highest BCUT2D eigenvalue weighted by atomic mass is 15.6. The molecule has 0 aliphatic carbocycles. The summed E-state index contributed by atoms with van der Waals surface area (Å²) in [6, 6.07) is 0. The molecule has 2 nitrogen and oxygen atoms in total. The molecule has 0 aromatic rings. The molecule has 1 aliphatic rings. The van der Waals surface area contributed by atoms with Crippen LogP contribution >= 0.6 is 0 Å². The zero-order valence-corrected chi connectivity index (χ0v) is 12.2. The molecule has 0 fully saturated rings. The zero-order chi connectivity index (χ0) is 12.8. The molecule has 0 radical (unpaired) electrons. The summed E-state index contributed by atoms with van der Waals surface area (Å²) < 4.78 is 0. The molecular formula is C10H24B4N2. The SMILES string of the molecule is BC(B)(B)C(B)(C)N1NCC=C1C(C)(C)C. The van der Waals surface area contributed by atoms with Gasteiger partial charge in [0.15, 0.2) is 0 Å². The van der Waals surface area contributed by atoms with Gasteiger partial charge in [0, 0.05) is 23.1 Å². The van der Waals surface area contributed by atoms with Gasteiger partial charge in [-0.25, -0.2) is 5.43 Å². The van der Waals surface area contributed by atoms with Gasteiger partial charge in [0.05, 0.1) is 23.5 Å². The molecule has 1 heterocycles. The molecule has 0 spiro atoms. The first kappa shape index (κ1) is 13.8. The Labute approximate surface area is 104 Å². The van der Waals surface area contributed by atoms with E-state index in [1.807, 2.05) is 0 Å². The maximum Gasteiger partial charge on any atom is 0.134 e. The van der Waals surface area contributed by atoms with Crippen LogP contribution in [0.3, 0.4) is 0 Å². The maximum absolute atomic E-state index is 3.50. The van der Waals surface area contributed by atoms with E-state index >= 15 is 0 Å². The van der Waals surface area contributed by atoms with Crippen LogP contribution in [-0.4, -0.2) is 48.4 Å². The quantitative estimate of drug-likeness (QED) is 0.540. The molecule has 0 aromatic heterocycles. The van der Waals surface area contributed by atoms with Crippen LogP contribution in [0.2, 0.25) is 5.11 Å². The molecule has 1 N–H and O–H groups in total. The topological polar surface area (TPSA) is 15.3 Å². The van der Waals surface area contributed by atoms with Crippen molar-refractivity contribution in [3.8, 4) is 0 Å². The van der Waals surface area contributed by atoms with Gasteiger partial charge in [0.25, 0.3) is 0 Å². The van der Waals surface area contributed by atoms with Crippen molar-refractivity contribution in [1.29, 1.82) is 0 Å². The average Bonchev–Trinajstić information content (AvgIpc) is 2.47. The molecule has 6 heteroatoms. The molecule has 1 rings (SSSR count). The Kier molecular flexibility index (Phi) is 3.37. The van der Waals surface area contributed by atoms with Gasteiger partial charge in [-0.1, -0.05) is 25.9 Å². The lowest BCUT2D eigenvalue weighted by Crippen LogP contribution is -2.60. The standard InChI is InChI=1S/C10H24B4N2/c1-8(2,3)7-5-6-15-16(7)9(4,11)10(12,13)14/h5,15H,6,11-14H2,1-4H3. The van der Waals surface area contributed by atoms with Crippen LogP contribution in [0, 0.1) is 5.41 Å². The van der Waals surface area contributed by atoms with Crippen molar-refractivity contribution in [3.63, 3.8) is 0 Å². The van der Waals surface area contributed by atoms with E-state index in [4.69, 9.17) is 0 Å². The maximum atomic E-state index is 3.50. The minimum atomic E-state index is 0.0998. The van der Waals surface area contributed by atoms with Crippen LogP contribution in [0.1, 0.15) is 27.7 Å². The molecule has 86 valence electrons. The van der Waals surface area contributed by atoms with E-state index in [0.29, 0.717) is 0 Å². The van der Waals surface area contributed by atoms with E-state index in [2.05, 4.69) is 75.6 Å². The number of rotatable bonds is 2. The Morgan fingerprint density at radius 3 is 2.00 bits per heavy atom. The Morgan fingerprint density at radius 1 is 1.12 bits per heavy atom.